The van der Waals surface area contributed by atoms with E-state index in [9.17, 15) is 4.79 Å². The van der Waals surface area contributed by atoms with Gasteiger partial charge in [-0.3, -0.25) is 4.79 Å². The molecule has 0 atom stereocenters. The number of halogens is 1. The smallest absolute Gasteiger partial charge is 0.263 e. The van der Waals surface area contributed by atoms with E-state index in [0.29, 0.717) is 11.6 Å². The van der Waals surface area contributed by atoms with E-state index in [1.807, 2.05) is 50.2 Å². The molecule has 0 radical (unpaired) electrons. The second-order valence-electron chi connectivity index (χ2n) is 5.74. The van der Waals surface area contributed by atoms with Crippen LogP contribution in [0.25, 0.3) is 10.8 Å². The third-order valence-electron chi connectivity index (χ3n) is 3.57. The summed E-state index contributed by atoms with van der Waals surface area (Å²) in [6.07, 6.45) is 1.66. The lowest BCUT2D eigenvalue weighted by molar-refractivity contribution is -0.118. The molecule has 3 rings (SSSR count). The molecule has 0 saturated heterocycles. The third kappa shape index (κ3) is 3.76. The van der Waals surface area contributed by atoms with Crippen molar-refractivity contribution >= 4 is 38.4 Å². The van der Waals surface area contributed by atoms with E-state index >= 15 is 0 Å². The first-order valence-corrected chi connectivity index (χ1v) is 8.48. The van der Waals surface area contributed by atoms with Gasteiger partial charge in [0.15, 0.2) is 6.61 Å². The summed E-state index contributed by atoms with van der Waals surface area (Å²) >= 11 is 3.45. The minimum absolute atomic E-state index is 0.0503. The summed E-state index contributed by atoms with van der Waals surface area (Å²) in [5.74, 6) is 1.12. The molecule has 1 aromatic heterocycles. The highest BCUT2D eigenvalue weighted by Crippen LogP contribution is 2.24. The van der Waals surface area contributed by atoms with Crippen LogP contribution in [0.1, 0.15) is 19.9 Å². The molecular formula is C18H18BrN3O2. The van der Waals surface area contributed by atoms with E-state index in [2.05, 4.69) is 26.3 Å². The molecule has 124 valence electrons. The number of amides is 1. The van der Waals surface area contributed by atoms with E-state index < -0.39 is 0 Å². The largest absolute Gasteiger partial charge is 0.484 e. The summed E-state index contributed by atoms with van der Waals surface area (Å²) in [7, 11) is 0. The number of ether oxygens (including phenoxy) is 1. The highest BCUT2D eigenvalue weighted by molar-refractivity contribution is 9.10. The van der Waals surface area contributed by atoms with Gasteiger partial charge >= 0.3 is 0 Å². The van der Waals surface area contributed by atoms with Crippen LogP contribution in [-0.4, -0.2) is 22.3 Å². The molecule has 1 N–H and O–H groups in total. The Balaban J connectivity index is 1.64. The molecule has 24 heavy (non-hydrogen) atoms. The number of fused-ring (bicyclic) bond motifs is 1. The standard InChI is InChI=1S/C18H18BrN3O2/c1-12(2)22-17(7-8-20-22)21-18(23)11-24-16-6-4-13-9-15(19)5-3-14(13)10-16/h3-10,12H,11H2,1-2H3,(H,21,23). The van der Waals surface area contributed by atoms with Crippen molar-refractivity contribution < 1.29 is 9.53 Å². The predicted molar refractivity (Wildman–Crippen MR) is 98.4 cm³/mol. The van der Waals surface area contributed by atoms with Gasteiger partial charge in [0.2, 0.25) is 0 Å². The van der Waals surface area contributed by atoms with Crippen molar-refractivity contribution in [1.29, 1.82) is 0 Å². The number of nitrogens with one attached hydrogen (secondary N) is 1. The van der Waals surface area contributed by atoms with Gasteiger partial charge in [-0.25, -0.2) is 4.68 Å². The molecule has 0 unspecified atom stereocenters. The van der Waals surface area contributed by atoms with Gasteiger partial charge in [-0.05, 0) is 48.9 Å². The maximum atomic E-state index is 12.1. The molecule has 5 nitrogen and oxygen atoms in total. The Bertz CT molecular complexity index is 874. The molecule has 0 bridgehead atoms. The number of hydrogen-bond donors (Lipinski definition) is 1. The van der Waals surface area contributed by atoms with Crippen LogP contribution in [0.4, 0.5) is 5.82 Å². The Labute approximate surface area is 148 Å². The lowest BCUT2D eigenvalue weighted by Crippen LogP contribution is -2.22. The summed E-state index contributed by atoms with van der Waals surface area (Å²) in [5.41, 5.74) is 0. The van der Waals surface area contributed by atoms with E-state index in [0.717, 1.165) is 15.2 Å². The van der Waals surface area contributed by atoms with Gasteiger partial charge in [0.1, 0.15) is 11.6 Å². The van der Waals surface area contributed by atoms with E-state index in [4.69, 9.17) is 4.74 Å². The maximum absolute atomic E-state index is 12.1. The van der Waals surface area contributed by atoms with Crippen LogP contribution in [0, 0.1) is 0 Å². The molecule has 1 amide bonds. The monoisotopic (exact) mass is 387 g/mol. The Morgan fingerprint density at radius 3 is 2.75 bits per heavy atom. The number of hydrogen-bond acceptors (Lipinski definition) is 3. The normalized spacial score (nSPS) is 11.0. The highest BCUT2D eigenvalue weighted by Gasteiger charge is 2.10. The van der Waals surface area contributed by atoms with Crippen LogP contribution in [0.5, 0.6) is 5.75 Å². The van der Waals surface area contributed by atoms with Gasteiger partial charge in [-0.15, -0.1) is 0 Å². The number of nitrogens with zero attached hydrogens (tertiary/aromatic N) is 2. The molecular weight excluding hydrogens is 370 g/mol. The van der Waals surface area contributed by atoms with Crippen LogP contribution in [0.3, 0.4) is 0 Å². The second-order valence-corrected chi connectivity index (χ2v) is 6.66. The summed E-state index contributed by atoms with van der Waals surface area (Å²) in [4.78, 5) is 12.1. The minimum Gasteiger partial charge on any atom is -0.484 e. The third-order valence-corrected chi connectivity index (χ3v) is 4.06. The molecule has 2 aromatic carbocycles. The van der Waals surface area contributed by atoms with Gasteiger partial charge in [0, 0.05) is 16.6 Å². The van der Waals surface area contributed by atoms with Gasteiger partial charge in [0.05, 0.1) is 6.20 Å². The SMILES string of the molecule is CC(C)n1nccc1NC(=O)COc1ccc2cc(Br)ccc2c1. The number of carbonyl (C=O) groups excluding carboxylic acids is 1. The molecule has 0 saturated carbocycles. The fourth-order valence-electron chi connectivity index (χ4n) is 2.44. The van der Waals surface area contributed by atoms with Crippen molar-refractivity contribution in [3.05, 3.63) is 53.1 Å². The zero-order valence-corrected chi connectivity index (χ0v) is 15.1. The summed E-state index contributed by atoms with van der Waals surface area (Å²) in [6.45, 7) is 3.96. The Kier molecular flexibility index (Phi) is 4.85. The van der Waals surface area contributed by atoms with Crippen LogP contribution < -0.4 is 10.1 Å². The van der Waals surface area contributed by atoms with Crippen molar-refractivity contribution in [2.24, 2.45) is 0 Å². The summed E-state index contributed by atoms with van der Waals surface area (Å²) in [6, 6.07) is 13.7. The van der Waals surface area contributed by atoms with Crippen LogP contribution in [0.15, 0.2) is 53.1 Å². The topological polar surface area (TPSA) is 56.2 Å². The molecule has 3 aromatic rings. The molecule has 0 spiro atoms. The number of rotatable bonds is 5. The molecule has 0 aliphatic rings. The molecule has 0 aliphatic carbocycles. The van der Waals surface area contributed by atoms with E-state index in [1.165, 1.54) is 0 Å². The molecule has 0 fully saturated rings. The number of anilines is 1. The lowest BCUT2D eigenvalue weighted by Gasteiger charge is -2.12. The Morgan fingerprint density at radius 2 is 1.96 bits per heavy atom. The van der Waals surface area contributed by atoms with Gasteiger partial charge < -0.3 is 10.1 Å². The number of carbonyl (C=O) groups is 1. The van der Waals surface area contributed by atoms with Gasteiger partial charge in [-0.1, -0.05) is 28.1 Å². The van der Waals surface area contributed by atoms with Crippen molar-refractivity contribution in [1.82, 2.24) is 9.78 Å². The quantitative estimate of drug-likeness (QED) is 0.705. The second kappa shape index (κ2) is 7.05. The van der Waals surface area contributed by atoms with E-state index in [-0.39, 0.29) is 18.6 Å². The van der Waals surface area contributed by atoms with Crippen LogP contribution in [-0.2, 0) is 4.79 Å². The number of benzene rings is 2. The van der Waals surface area contributed by atoms with Crippen molar-refractivity contribution in [2.75, 3.05) is 11.9 Å². The molecule has 0 aliphatic heterocycles. The van der Waals surface area contributed by atoms with Gasteiger partial charge in [-0.2, -0.15) is 5.10 Å². The average Bonchev–Trinajstić information content (AvgIpc) is 3.01. The zero-order chi connectivity index (χ0) is 17.1. The Morgan fingerprint density at radius 1 is 1.21 bits per heavy atom. The van der Waals surface area contributed by atoms with E-state index in [1.54, 1.807) is 16.9 Å². The maximum Gasteiger partial charge on any atom is 0.263 e. The summed E-state index contributed by atoms with van der Waals surface area (Å²) < 4.78 is 8.39. The van der Waals surface area contributed by atoms with Crippen LogP contribution >= 0.6 is 15.9 Å². The lowest BCUT2D eigenvalue weighted by atomic mass is 10.1. The van der Waals surface area contributed by atoms with Crippen LogP contribution in [0.2, 0.25) is 0 Å². The molecule has 6 heteroatoms. The fraction of sp³-hybridized carbons (Fsp3) is 0.222. The molecule has 1 heterocycles. The van der Waals surface area contributed by atoms with Crippen molar-refractivity contribution in [3.63, 3.8) is 0 Å². The average molecular weight is 388 g/mol. The highest BCUT2D eigenvalue weighted by atomic mass is 79.9. The zero-order valence-electron chi connectivity index (χ0n) is 13.5. The first kappa shape index (κ1) is 16.5. The first-order chi connectivity index (χ1) is 11.5. The Hall–Kier alpha value is -2.34. The van der Waals surface area contributed by atoms with Gasteiger partial charge in [0.25, 0.3) is 5.91 Å². The van der Waals surface area contributed by atoms with Crippen molar-refractivity contribution in [3.8, 4) is 5.75 Å². The predicted octanol–water partition coefficient (Wildman–Crippen LogP) is 4.40. The minimum atomic E-state index is -0.215. The fourth-order valence-corrected chi connectivity index (χ4v) is 2.82. The summed E-state index contributed by atoms with van der Waals surface area (Å²) in [5, 5.41) is 9.18. The number of aromatic nitrogens is 2. The first-order valence-electron chi connectivity index (χ1n) is 7.68. The van der Waals surface area contributed by atoms with Crippen molar-refractivity contribution in [2.45, 2.75) is 19.9 Å².